The van der Waals surface area contributed by atoms with Crippen molar-refractivity contribution in [3.05, 3.63) is 0 Å². The van der Waals surface area contributed by atoms with Crippen molar-refractivity contribution in [1.29, 1.82) is 0 Å². The third-order valence-electron chi connectivity index (χ3n) is 2.46. The number of carbonyl (C=O) groups excluding carboxylic acids is 3. The maximum Gasteiger partial charge on any atom is 0.306 e. The number of primary amides is 2. The fraction of sp³-hybridized carbons (Fsp3) is 0.750. The zero-order valence-electron chi connectivity index (χ0n) is 10.8. The summed E-state index contributed by atoms with van der Waals surface area (Å²) in [5, 5.41) is 0. The first kappa shape index (κ1) is 16.4. The molecule has 0 aliphatic carbocycles. The molecule has 104 valence electrons. The Morgan fingerprint density at radius 1 is 1.06 bits per heavy atom. The molecule has 0 rings (SSSR count). The van der Waals surface area contributed by atoms with Gasteiger partial charge in [0.05, 0.1) is 6.42 Å². The molecule has 2 amide bonds. The third kappa shape index (κ3) is 8.55. The SMILES string of the molecule is CCCCCCCC(=O)O[C@H](CC(N)=O)C(N)=O. The maximum atomic E-state index is 11.4. The van der Waals surface area contributed by atoms with Crippen LogP contribution in [0.1, 0.15) is 51.9 Å². The molecule has 0 aromatic heterocycles. The van der Waals surface area contributed by atoms with Crippen LogP contribution in [0.15, 0.2) is 0 Å². The molecule has 0 aliphatic rings. The highest BCUT2D eigenvalue weighted by Crippen LogP contribution is 2.07. The lowest BCUT2D eigenvalue weighted by Gasteiger charge is -2.12. The standard InChI is InChI=1S/C12H22N2O4/c1-2-3-4-5-6-7-11(16)18-9(12(14)17)8-10(13)15/h9H,2-8H2,1H3,(H2,13,15)(H2,14,17)/t9-/m1/s1. The van der Waals surface area contributed by atoms with Crippen molar-refractivity contribution in [3.8, 4) is 0 Å². The van der Waals surface area contributed by atoms with E-state index in [1.807, 2.05) is 0 Å². The summed E-state index contributed by atoms with van der Waals surface area (Å²) in [6.45, 7) is 2.11. The molecule has 6 nitrogen and oxygen atoms in total. The number of amides is 2. The predicted molar refractivity (Wildman–Crippen MR) is 66.3 cm³/mol. The van der Waals surface area contributed by atoms with Gasteiger partial charge in [0, 0.05) is 6.42 Å². The topological polar surface area (TPSA) is 112 Å². The minimum Gasteiger partial charge on any atom is -0.452 e. The predicted octanol–water partition coefficient (Wildman–Crippen LogP) is 0.619. The summed E-state index contributed by atoms with van der Waals surface area (Å²) in [5.41, 5.74) is 9.93. The Morgan fingerprint density at radius 3 is 2.17 bits per heavy atom. The Bertz CT molecular complexity index is 292. The van der Waals surface area contributed by atoms with Gasteiger partial charge in [-0.05, 0) is 6.42 Å². The van der Waals surface area contributed by atoms with Crippen molar-refractivity contribution >= 4 is 17.8 Å². The fourth-order valence-electron chi connectivity index (χ4n) is 1.47. The molecular weight excluding hydrogens is 236 g/mol. The van der Waals surface area contributed by atoms with E-state index in [2.05, 4.69) is 6.92 Å². The normalized spacial score (nSPS) is 11.8. The molecule has 6 heteroatoms. The van der Waals surface area contributed by atoms with Crippen molar-refractivity contribution in [3.63, 3.8) is 0 Å². The molecular formula is C12H22N2O4. The summed E-state index contributed by atoms with van der Waals surface area (Å²) < 4.78 is 4.81. The van der Waals surface area contributed by atoms with Crippen LogP contribution in [0.3, 0.4) is 0 Å². The Labute approximate surface area is 107 Å². The molecule has 0 heterocycles. The average molecular weight is 258 g/mol. The van der Waals surface area contributed by atoms with E-state index >= 15 is 0 Å². The molecule has 0 saturated heterocycles. The van der Waals surface area contributed by atoms with E-state index in [1.165, 1.54) is 0 Å². The Morgan fingerprint density at radius 2 is 1.67 bits per heavy atom. The fourth-order valence-corrected chi connectivity index (χ4v) is 1.47. The largest absolute Gasteiger partial charge is 0.452 e. The van der Waals surface area contributed by atoms with Gasteiger partial charge in [-0.15, -0.1) is 0 Å². The quantitative estimate of drug-likeness (QED) is 0.441. The summed E-state index contributed by atoms with van der Waals surface area (Å²) in [6, 6.07) is 0. The Hall–Kier alpha value is -1.59. The molecule has 0 aromatic carbocycles. The Balaban J connectivity index is 3.88. The second-order valence-corrected chi connectivity index (χ2v) is 4.22. The van der Waals surface area contributed by atoms with Gasteiger partial charge < -0.3 is 16.2 Å². The lowest BCUT2D eigenvalue weighted by molar-refractivity contribution is -0.156. The van der Waals surface area contributed by atoms with Crippen LogP contribution in [-0.4, -0.2) is 23.9 Å². The highest BCUT2D eigenvalue weighted by Gasteiger charge is 2.22. The van der Waals surface area contributed by atoms with Gasteiger partial charge >= 0.3 is 5.97 Å². The number of nitrogens with two attached hydrogens (primary N) is 2. The molecule has 0 bridgehead atoms. The maximum absolute atomic E-state index is 11.4. The van der Waals surface area contributed by atoms with Gasteiger partial charge in [-0.1, -0.05) is 32.6 Å². The summed E-state index contributed by atoms with van der Waals surface area (Å²) in [4.78, 5) is 33.0. The van der Waals surface area contributed by atoms with E-state index in [9.17, 15) is 14.4 Å². The molecule has 0 radical (unpaired) electrons. The van der Waals surface area contributed by atoms with E-state index in [0.717, 1.165) is 25.7 Å². The van der Waals surface area contributed by atoms with Crippen LogP contribution in [-0.2, 0) is 19.1 Å². The van der Waals surface area contributed by atoms with Crippen LogP contribution in [0.25, 0.3) is 0 Å². The third-order valence-corrected chi connectivity index (χ3v) is 2.46. The monoisotopic (exact) mass is 258 g/mol. The van der Waals surface area contributed by atoms with Gasteiger partial charge in [-0.25, -0.2) is 0 Å². The van der Waals surface area contributed by atoms with Gasteiger partial charge in [0.25, 0.3) is 5.91 Å². The first-order valence-corrected chi connectivity index (χ1v) is 6.24. The van der Waals surface area contributed by atoms with Crippen molar-refractivity contribution in [2.24, 2.45) is 11.5 Å². The molecule has 0 spiro atoms. The van der Waals surface area contributed by atoms with Crippen molar-refractivity contribution in [2.45, 2.75) is 58.0 Å². The second-order valence-electron chi connectivity index (χ2n) is 4.22. The molecule has 0 aliphatic heterocycles. The van der Waals surface area contributed by atoms with E-state index in [0.29, 0.717) is 6.42 Å². The molecule has 4 N–H and O–H groups in total. The molecule has 0 aromatic rings. The molecule has 18 heavy (non-hydrogen) atoms. The van der Waals surface area contributed by atoms with Crippen LogP contribution in [0.2, 0.25) is 0 Å². The van der Waals surface area contributed by atoms with Gasteiger partial charge in [0.2, 0.25) is 5.91 Å². The number of rotatable bonds is 10. The van der Waals surface area contributed by atoms with Crippen LogP contribution in [0.5, 0.6) is 0 Å². The van der Waals surface area contributed by atoms with Gasteiger partial charge in [0.15, 0.2) is 6.10 Å². The van der Waals surface area contributed by atoms with Gasteiger partial charge in [-0.2, -0.15) is 0 Å². The van der Waals surface area contributed by atoms with Crippen molar-refractivity contribution in [1.82, 2.24) is 0 Å². The zero-order valence-corrected chi connectivity index (χ0v) is 10.8. The number of hydrogen-bond donors (Lipinski definition) is 2. The highest BCUT2D eigenvalue weighted by atomic mass is 16.5. The number of carbonyl (C=O) groups is 3. The summed E-state index contributed by atoms with van der Waals surface area (Å²) >= 11 is 0. The molecule has 1 atom stereocenters. The number of unbranched alkanes of at least 4 members (excludes halogenated alkanes) is 4. The van der Waals surface area contributed by atoms with Crippen LogP contribution >= 0.6 is 0 Å². The summed E-state index contributed by atoms with van der Waals surface area (Å²) in [6.07, 6.45) is 3.62. The first-order valence-electron chi connectivity index (χ1n) is 6.24. The van der Waals surface area contributed by atoms with Crippen molar-refractivity contribution in [2.75, 3.05) is 0 Å². The van der Waals surface area contributed by atoms with Crippen LogP contribution < -0.4 is 11.5 Å². The highest BCUT2D eigenvalue weighted by molar-refractivity contribution is 5.87. The lowest BCUT2D eigenvalue weighted by atomic mass is 10.1. The van der Waals surface area contributed by atoms with E-state index < -0.39 is 23.9 Å². The second kappa shape index (κ2) is 9.44. The van der Waals surface area contributed by atoms with Crippen molar-refractivity contribution < 1.29 is 19.1 Å². The molecule has 0 saturated carbocycles. The van der Waals surface area contributed by atoms with E-state index in [4.69, 9.17) is 16.2 Å². The average Bonchev–Trinajstić information content (AvgIpc) is 2.27. The summed E-state index contributed by atoms with van der Waals surface area (Å²) in [5.74, 6) is -2.10. The van der Waals surface area contributed by atoms with Gasteiger partial charge in [-0.3, -0.25) is 14.4 Å². The van der Waals surface area contributed by atoms with E-state index in [1.54, 1.807) is 0 Å². The van der Waals surface area contributed by atoms with Crippen LogP contribution in [0, 0.1) is 0 Å². The molecule has 0 unspecified atom stereocenters. The summed E-state index contributed by atoms with van der Waals surface area (Å²) in [7, 11) is 0. The van der Waals surface area contributed by atoms with Gasteiger partial charge in [0.1, 0.15) is 0 Å². The minimum absolute atomic E-state index is 0.228. The number of ether oxygens (including phenoxy) is 1. The lowest BCUT2D eigenvalue weighted by Crippen LogP contribution is -2.36. The minimum atomic E-state index is -1.24. The Kier molecular flexibility index (Phi) is 8.61. The molecule has 0 fully saturated rings. The smallest absolute Gasteiger partial charge is 0.306 e. The number of esters is 1. The van der Waals surface area contributed by atoms with Crippen LogP contribution in [0.4, 0.5) is 0 Å². The van der Waals surface area contributed by atoms with E-state index in [-0.39, 0.29) is 12.8 Å². The zero-order chi connectivity index (χ0) is 14.0. The first-order chi connectivity index (χ1) is 8.47. The number of hydrogen-bond acceptors (Lipinski definition) is 4.